The molecule has 2 saturated heterocycles. The molecule has 1 spiro atoms. The highest BCUT2D eigenvalue weighted by atomic mass is 16.5. The zero-order valence-corrected chi connectivity index (χ0v) is 21.2. The van der Waals surface area contributed by atoms with Gasteiger partial charge in [-0.05, 0) is 43.5 Å². The normalized spacial score (nSPS) is 25.9. The number of hydrogen-bond donors (Lipinski definition) is 3. The molecule has 2 aromatic rings. The fourth-order valence-corrected chi connectivity index (χ4v) is 6.21. The summed E-state index contributed by atoms with van der Waals surface area (Å²) in [7, 11) is 3.08. The van der Waals surface area contributed by atoms with Crippen LogP contribution in [-0.4, -0.2) is 55.3 Å². The van der Waals surface area contributed by atoms with E-state index < -0.39 is 47.0 Å². The molecular weight excluding hydrogens is 476 g/mol. The lowest BCUT2D eigenvalue weighted by molar-refractivity contribution is -0.142. The van der Waals surface area contributed by atoms with E-state index in [4.69, 9.17) is 15.2 Å². The number of ether oxygens (including phenoxy) is 2. The average Bonchev–Trinajstić information content (AvgIpc) is 3.42. The number of amides is 4. The van der Waals surface area contributed by atoms with Crippen LogP contribution >= 0.6 is 0 Å². The van der Waals surface area contributed by atoms with E-state index in [9.17, 15) is 19.2 Å². The van der Waals surface area contributed by atoms with Gasteiger partial charge in [-0.15, -0.1) is 0 Å². The van der Waals surface area contributed by atoms with Gasteiger partial charge in [0, 0.05) is 30.3 Å². The molecule has 4 N–H and O–H groups in total. The van der Waals surface area contributed by atoms with Gasteiger partial charge in [-0.3, -0.25) is 29.4 Å². The number of nitrogens with zero attached hydrogens (tertiary/aromatic N) is 1. The van der Waals surface area contributed by atoms with Gasteiger partial charge in [-0.2, -0.15) is 0 Å². The maximum absolute atomic E-state index is 13.9. The molecule has 0 aliphatic carbocycles. The van der Waals surface area contributed by atoms with Crippen LogP contribution in [0.1, 0.15) is 28.7 Å². The van der Waals surface area contributed by atoms with Crippen molar-refractivity contribution in [2.45, 2.75) is 38.3 Å². The monoisotopic (exact) mass is 506 g/mol. The van der Waals surface area contributed by atoms with Crippen LogP contribution in [0.25, 0.3) is 0 Å². The van der Waals surface area contributed by atoms with E-state index in [1.807, 2.05) is 32.0 Å². The Morgan fingerprint density at radius 2 is 1.78 bits per heavy atom. The Labute approximate surface area is 214 Å². The Kier molecular flexibility index (Phi) is 5.94. The summed E-state index contributed by atoms with van der Waals surface area (Å²) < 4.78 is 10.6. The van der Waals surface area contributed by atoms with Crippen LogP contribution in [0, 0.1) is 25.7 Å². The smallest absolute Gasteiger partial charge is 0.250 e. The third kappa shape index (κ3) is 3.66. The van der Waals surface area contributed by atoms with Crippen LogP contribution in [0.3, 0.4) is 0 Å². The topological polar surface area (TPSA) is 140 Å². The molecule has 0 aromatic heterocycles. The summed E-state index contributed by atoms with van der Waals surface area (Å²) >= 11 is 0. The van der Waals surface area contributed by atoms with E-state index in [2.05, 4.69) is 10.6 Å². The molecule has 4 amide bonds. The predicted octanol–water partition coefficient (Wildman–Crippen LogP) is 1.16. The van der Waals surface area contributed by atoms with Crippen molar-refractivity contribution < 1.29 is 28.7 Å². The molecule has 0 radical (unpaired) electrons. The number of fused-ring (bicyclic) bond motifs is 4. The highest BCUT2D eigenvalue weighted by molar-refractivity contribution is 6.15. The molecule has 3 aliphatic rings. The number of imide groups is 1. The molecule has 2 aromatic carbocycles. The van der Waals surface area contributed by atoms with Crippen LogP contribution in [0.15, 0.2) is 30.3 Å². The molecule has 194 valence electrons. The number of rotatable bonds is 7. The average molecular weight is 507 g/mol. The Morgan fingerprint density at radius 1 is 1.05 bits per heavy atom. The molecule has 5 rings (SSSR count). The molecule has 0 saturated carbocycles. The van der Waals surface area contributed by atoms with Crippen molar-refractivity contribution in [2.75, 3.05) is 26.1 Å². The molecule has 0 bridgehead atoms. The van der Waals surface area contributed by atoms with E-state index in [1.165, 1.54) is 12.0 Å². The van der Waals surface area contributed by atoms with Gasteiger partial charge in [-0.1, -0.05) is 23.8 Å². The molecule has 4 atom stereocenters. The predicted molar refractivity (Wildman–Crippen MR) is 134 cm³/mol. The van der Waals surface area contributed by atoms with Gasteiger partial charge in [0.05, 0.1) is 26.1 Å². The van der Waals surface area contributed by atoms with E-state index in [1.54, 1.807) is 19.2 Å². The molecular formula is C27H30N4O6. The third-order valence-corrected chi connectivity index (χ3v) is 7.75. The number of carbonyl (C=O) groups is 4. The van der Waals surface area contributed by atoms with Gasteiger partial charge in [0.15, 0.2) is 11.5 Å². The van der Waals surface area contributed by atoms with Crippen LogP contribution in [0.2, 0.25) is 0 Å². The number of likely N-dealkylation sites (tertiary alicyclic amines) is 1. The molecule has 10 heteroatoms. The Hall–Kier alpha value is -3.92. The van der Waals surface area contributed by atoms with E-state index in [0.717, 1.165) is 16.7 Å². The van der Waals surface area contributed by atoms with Crippen molar-refractivity contribution in [1.82, 2.24) is 10.2 Å². The van der Waals surface area contributed by atoms with Crippen molar-refractivity contribution in [2.24, 2.45) is 17.6 Å². The Balaban J connectivity index is 1.51. The fourth-order valence-electron chi connectivity index (χ4n) is 6.21. The maximum atomic E-state index is 13.9. The summed E-state index contributed by atoms with van der Waals surface area (Å²) in [5, 5.41) is 6.15. The van der Waals surface area contributed by atoms with Gasteiger partial charge in [0.25, 0.3) is 0 Å². The molecule has 3 aliphatic heterocycles. The largest absolute Gasteiger partial charge is 0.493 e. The van der Waals surface area contributed by atoms with Crippen LogP contribution in [-0.2, 0) is 31.1 Å². The van der Waals surface area contributed by atoms with Gasteiger partial charge in [0.1, 0.15) is 5.54 Å². The number of methoxy groups -OCH3 is 2. The zero-order valence-electron chi connectivity index (χ0n) is 21.2. The minimum atomic E-state index is -1.46. The first kappa shape index (κ1) is 24.8. The molecule has 3 heterocycles. The summed E-state index contributed by atoms with van der Waals surface area (Å²) in [6, 6.07) is 8.48. The quantitative estimate of drug-likeness (QED) is 0.479. The fraction of sp³-hybridized carbons (Fsp3) is 0.407. The van der Waals surface area contributed by atoms with E-state index >= 15 is 0 Å². The highest BCUT2D eigenvalue weighted by Crippen LogP contribution is 2.54. The summed E-state index contributed by atoms with van der Waals surface area (Å²) in [5.74, 6) is -2.61. The number of carbonyl (C=O) groups excluding carboxylic acids is 4. The van der Waals surface area contributed by atoms with Crippen molar-refractivity contribution in [3.8, 4) is 11.5 Å². The second kappa shape index (κ2) is 8.88. The summed E-state index contributed by atoms with van der Waals surface area (Å²) in [4.78, 5) is 54.3. The van der Waals surface area contributed by atoms with E-state index in [0.29, 0.717) is 29.2 Å². The van der Waals surface area contributed by atoms with Gasteiger partial charge < -0.3 is 20.5 Å². The third-order valence-electron chi connectivity index (χ3n) is 7.75. The number of benzene rings is 2. The van der Waals surface area contributed by atoms with Crippen LogP contribution < -0.4 is 25.8 Å². The van der Waals surface area contributed by atoms with Gasteiger partial charge in [-0.25, -0.2) is 0 Å². The first-order chi connectivity index (χ1) is 17.6. The number of aryl methyl sites for hydroxylation is 2. The van der Waals surface area contributed by atoms with Crippen molar-refractivity contribution in [3.05, 3.63) is 52.6 Å². The lowest BCUT2D eigenvalue weighted by Crippen LogP contribution is -2.53. The Bertz CT molecular complexity index is 1340. The summed E-state index contributed by atoms with van der Waals surface area (Å²) in [6.45, 7) is 3.92. The zero-order chi connectivity index (χ0) is 26.6. The Morgan fingerprint density at radius 3 is 2.46 bits per heavy atom. The minimum Gasteiger partial charge on any atom is -0.493 e. The number of nitrogens with one attached hydrogen (secondary N) is 2. The van der Waals surface area contributed by atoms with Gasteiger partial charge >= 0.3 is 0 Å². The maximum Gasteiger partial charge on any atom is 0.250 e. The number of hydrogen-bond acceptors (Lipinski definition) is 7. The second-order valence-electron chi connectivity index (χ2n) is 9.96. The number of anilines is 1. The summed E-state index contributed by atoms with van der Waals surface area (Å²) in [6.07, 6.45) is 0.220. The first-order valence-electron chi connectivity index (χ1n) is 12.2. The molecule has 10 nitrogen and oxygen atoms in total. The van der Waals surface area contributed by atoms with Crippen molar-refractivity contribution in [3.63, 3.8) is 0 Å². The molecule has 2 fully saturated rings. The van der Waals surface area contributed by atoms with Gasteiger partial charge in [0.2, 0.25) is 23.6 Å². The number of primary amides is 1. The lowest BCUT2D eigenvalue weighted by Gasteiger charge is -2.29. The van der Waals surface area contributed by atoms with Crippen LogP contribution in [0.4, 0.5) is 5.69 Å². The minimum absolute atomic E-state index is 0.126. The van der Waals surface area contributed by atoms with Crippen molar-refractivity contribution >= 4 is 29.3 Å². The SMILES string of the molecule is COc1ccc(CCN2C(=O)C3C(CC(N)=O)NC4(C(=O)Nc5c(C)cc(C)cc54)C3C2=O)cc1OC. The van der Waals surface area contributed by atoms with Crippen molar-refractivity contribution in [1.29, 1.82) is 0 Å². The lowest BCUT2D eigenvalue weighted by atomic mass is 9.76. The molecule has 4 unspecified atom stereocenters. The first-order valence-corrected chi connectivity index (χ1v) is 12.2. The standard InChI is InChI=1S/C27H30N4O6/c1-13-9-14(2)23-16(10-13)27(26(35)29-23)22-21(17(30-27)12-20(28)32)24(33)31(25(22)34)8-7-15-5-6-18(36-3)19(11-15)37-4/h5-6,9-11,17,21-22,30H,7-8,12H2,1-4H3,(H2,28,32)(H,29,35). The summed E-state index contributed by atoms with van der Waals surface area (Å²) in [5.41, 5.74) is 7.94. The highest BCUT2D eigenvalue weighted by Gasteiger charge is 2.70. The second-order valence-corrected chi connectivity index (χ2v) is 9.96. The molecule has 37 heavy (non-hydrogen) atoms. The number of nitrogens with two attached hydrogens (primary N) is 1. The van der Waals surface area contributed by atoms with E-state index in [-0.39, 0.29) is 13.0 Å². The van der Waals surface area contributed by atoms with Crippen LogP contribution in [0.5, 0.6) is 11.5 Å².